The summed E-state index contributed by atoms with van der Waals surface area (Å²) in [5.74, 6) is -0.779. The number of carbonyl (C=O) groups is 1. The number of pyridine rings is 1. The molecule has 1 aliphatic rings. The lowest BCUT2D eigenvalue weighted by Gasteiger charge is -2.32. The maximum atomic E-state index is 13.0. The van der Waals surface area contributed by atoms with Crippen molar-refractivity contribution in [1.82, 2.24) is 9.88 Å². The van der Waals surface area contributed by atoms with Crippen LogP contribution in [0.2, 0.25) is 0 Å². The second-order valence-corrected chi connectivity index (χ2v) is 4.93. The molecule has 0 saturated carbocycles. The predicted molar refractivity (Wildman–Crippen MR) is 75.6 cm³/mol. The van der Waals surface area contributed by atoms with Gasteiger partial charge in [0.25, 0.3) is 5.91 Å². The summed E-state index contributed by atoms with van der Waals surface area (Å²) in [6, 6.07) is 2.71. The van der Waals surface area contributed by atoms with Crippen LogP contribution in [0.4, 0.5) is 4.39 Å². The molecule has 2 rings (SSSR count). The number of halogens is 1. The van der Waals surface area contributed by atoms with E-state index in [0.29, 0.717) is 38.5 Å². The lowest BCUT2D eigenvalue weighted by molar-refractivity contribution is -0.0182. The molecule has 0 bridgehead atoms. The maximum Gasteiger partial charge on any atom is 0.254 e. The summed E-state index contributed by atoms with van der Waals surface area (Å²) in [5.41, 5.74) is 0.346. The third-order valence-electron chi connectivity index (χ3n) is 3.49. The summed E-state index contributed by atoms with van der Waals surface area (Å²) < 4.78 is 24.0. The number of ether oxygens (including phenoxy) is 2. The Labute approximate surface area is 124 Å². The highest BCUT2D eigenvalue weighted by atomic mass is 19.1. The van der Waals surface area contributed by atoms with E-state index in [0.717, 1.165) is 12.8 Å². The number of rotatable bonds is 6. The number of amides is 1. The largest absolute Gasteiger partial charge is 0.379 e. The van der Waals surface area contributed by atoms with Crippen LogP contribution in [0.5, 0.6) is 0 Å². The molecule has 2 heterocycles. The first-order chi connectivity index (χ1) is 10.2. The van der Waals surface area contributed by atoms with Crippen molar-refractivity contribution >= 4 is 5.91 Å². The highest BCUT2D eigenvalue weighted by Gasteiger charge is 2.24. The molecule has 1 amide bonds. The Morgan fingerprint density at radius 2 is 2.19 bits per heavy atom. The summed E-state index contributed by atoms with van der Waals surface area (Å²) in [5, 5.41) is 0. The van der Waals surface area contributed by atoms with E-state index in [1.54, 1.807) is 4.90 Å². The van der Waals surface area contributed by atoms with E-state index < -0.39 is 5.95 Å². The fourth-order valence-electron chi connectivity index (χ4n) is 2.36. The van der Waals surface area contributed by atoms with E-state index in [2.05, 4.69) is 4.98 Å². The van der Waals surface area contributed by atoms with Gasteiger partial charge in [0, 0.05) is 37.5 Å². The fourth-order valence-corrected chi connectivity index (χ4v) is 2.36. The van der Waals surface area contributed by atoms with E-state index in [1.807, 2.05) is 6.92 Å². The number of aromatic nitrogens is 1. The lowest BCUT2D eigenvalue weighted by atomic mass is 10.1. The van der Waals surface area contributed by atoms with Crippen molar-refractivity contribution in [2.45, 2.75) is 25.9 Å². The first-order valence-electron chi connectivity index (χ1n) is 7.31. The van der Waals surface area contributed by atoms with Crippen molar-refractivity contribution in [2.75, 3.05) is 32.9 Å². The average Bonchev–Trinajstić information content (AvgIpc) is 2.51. The van der Waals surface area contributed by atoms with Gasteiger partial charge in [0.15, 0.2) is 0 Å². The Hall–Kier alpha value is -1.53. The molecule has 0 N–H and O–H groups in total. The molecule has 0 spiro atoms. The molecule has 1 aromatic heterocycles. The summed E-state index contributed by atoms with van der Waals surface area (Å²) in [4.78, 5) is 17.4. The predicted octanol–water partition coefficient (Wildman–Crippen LogP) is 1.88. The standard InChI is InChI=1S/C15H21FN2O3/c1-2-20-9-10-21-13-4-7-18(8-5-13)15(19)12-3-6-17-14(16)11-12/h3,6,11,13H,2,4-5,7-10H2,1H3. The minimum Gasteiger partial charge on any atom is -0.379 e. The van der Waals surface area contributed by atoms with E-state index in [4.69, 9.17) is 9.47 Å². The molecule has 1 aromatic rings. The number of piperidine rings is 1. The third-order valence-corrected chi connectivity index (χ3v) is 3.49. The number of carbonyl (C=O) groups excluding carboxylic acids is 1. The molecule has 6 heteroatoms. The van der Waals surface area contributed by atoms with Crippen molar-refractivity contribution in [3.63, 3.8) is 0 Å². The zero-order valence-electron chi connectivity index (χ0n) is 12.3. The van der Waals surface area contributed by atoms with E-state index in [-0.39, 0.29) is 12.0 Å². The van der Waals surface area contributed by atoms with Crippen molar-refractivity contribution in [1.29, 1.82) is 0 Å². The Balaban J connectivity index is 1.77. The molecule has 0 aliphatic carbocycles. The minimum absolute atomic E-state index is 0.149. The number of hydrogen-bond acceptors (Lipinski definition) is 4. The zero-order chi connectivity index (χ0) is 15.1. The molecule has 1 saturated heterocycles. The molecule has 0 aromatic carbocycles. The maximum absolute atomic E-state index is 13.0. The molecule has 0 unspecified atom stereocenters. The molecular formula is C15H21FN2O3. The van der Waals surface area contributed by atoms with E-state index >= 15 is 0 Å². The molecule has 116 valence electrons. The van der Waals surface area contributed by atoms with Crippen LogP contribution >= 0.6 is 0 Å². The Morgan fingerprint density at radius 3 is 2.86 bits per heavy atom. The van der Waals surface area contributed by atoms with Crippen molar-refractivity contribution in [3.8, 4) is 0 Å². The van der Waals surface area contributed by atoms with Crippen molar-refractivity contribution in [3.05, 3.63) is 29.8 Å². The van der Waals surface area contributed by atoms with Gasteiger partial charge in [-0.3, -0.25) is 4.79 Å². The monoisotopic (exact) mass is 296 g/mol. The third kappa shape index (κ3) is 4.75. The summed E-state index contributed by atoms with van der Waals surface area (Å²) in [7, 11) is 0. The van der Waals surface area contributed by atoms with Gasteiger partial charge in [0.2, 0.25) is 5.95 Å². The number of nitrogens with zero attached hydrogens (tertiary/aromatic N) is 2. The SMILES string of the molecule is CCOCCOC1CCN(C(=O)c2ccnc(F)c2)CC1. The highest BCUT2D eigenvalue weighted by molar-refractivity contribution is 5.94. The van der Waals surface area contributed by atoms with Crippen molar-refractivity contribution < 1.29 is 18.7 Å². The Bertz CT molecular complexity index is 462. The van der Waals surface area contributed by atoms with Crippen LogP contribution in [-0.2, 0) is 9.47 Å². The molecule has 0 atom stereocenters. The lowest BCUT2D eigenvalue weighted by Crippen LogP contribution is -2.41. The van der Waals surface area contributed by atoms with Crippen LogP contribution < -0.4 is 0 Å². The van der Waals surface area contributed by atoms with Crippen LogP contribution in [0.3, 0.4) is 0 Å². The van der Waals surface area contributed by atoms with Gasteiger partial charge in [0.1, 0.15) is 0 Å². The summed E-state index contributed by atoms with van der Waals surface area (Å²) >= 11 is 0. The van der Waals surface area contributed by atoms with Gasteiger partial charge in [-0.2, -0.15) is 4.39 Å². The van der Waals surface area contributed by atoms with Crippen molar-refractivity contribution in [2.24, 2.45) is 0 Å². The second-order valence-electron chi connectivity index (χ2n) is 4.93. The van der Waals surface area contributed by atoms with Gasteiger partial charge in [0.05, 0.1) is 19.3 Å². The van der Waals surface area contributed by atoms with Gasteiger partial charge < -0.3 is 14.4 Å². The molecule has 5 nitrogen and oxygen atoms in total. The number of likely N-dealkylation sites (tertiary alicyclic amines) is 1. The quantitative estimate of drug-likeness (QED) is 0.594. The topological polar surface area (TPSA) is 51.7 Å². The van der Waals surface area contributed by atoms with Crippen LogP contribution in [0.15, 0.2) is 18.3 Å². The van der Waals surface area contributed by atoms with Gasteiger partial charge in [-0.15, -0.1) is 0 Å². The van der Waals surface area contributed by atoms with Gasteiger partial charge in [-0.1, -0.05) is 0 Å². The van der Waals surface area contributed by atoms with Crippen LogP contribution in [0, 0.1) is 5.95 Å². The highest BCUT2D eigenvalue weighted by Crippen LogP contribution is 2.16. The summed E-state index contributed by atoms with van der Waals surface area (Å²) in [6.07, 6.45) is 3.08. The van der Waals surface area contributed by atoms with Crippen LogP contribution in [-0.4, -0.2) is 54.8 Å². The normalized spacial score (nSPS) is 16.2. The van der Waals surface area contributed by atoms with E-state index in [1.165, 1.54) is 18.3 Å². The molecular weight excluding hydrogens is 275 g/mol. The van der Waals surface area contributed by atoms with Gasteiger partial charge >= 0.3 is 0 Å². The zero-order valence-corrected chi connectivity index (χ0v) is 12.3. The first kappa shape index (κ1) is 15.9. The fraction of sp³-hybridized carbons (Fsp3) is 0.600. The minimum atomic E-state index is -0.630. The Kier molecular flexibility index (Phi) is 6.07. The first-order valence-corrected chi connectivity index (χ1v) is 7.31. The second kappa shape index (κ2) is 8.05. The van der Waals surface area contributed by atoms with Gasteiger partial charge in [-0.05, 0) is 25.8 Å². The Morgan fingerprint density at radius 1 is 1.43 bits per heavy atom. The smallest absolute Gasteiger partial charge is 0.254 e. The van der Waals surface area contributed by atoms with Crippen LogP contribution in [0.25, 0.3) is 0 Å². The van der Waals surface area contributed by atoms with E-state index in [9.17, 15) is 9.18 Å². The summed E-state index contributed by atoms with van der Waals surface area (Å²) in [6.45, 7) is 5.09. The molecule has 21 heavy (non-hydrogen) atoms. The molecule has 1 aliphatic heterocycles. The number of hydrogen-bond donors (Lipinski definition) is 0. The molecule has 0 radical (unpaired) electrons. The average molecular weight is 296 g/mol. The molecule has 1 fully saturated rings. The van der Waals surface area contributed by atoms with Crippen LogP contribution in [0.1, 0.15) is 30.1 Å². The van der Waals surface area contributed by atoms with Gasteiger partial charge in [-0.25, -0.2) is 4.98 Å².